The number of alkyl halides is 3. The average molecular weight is 453 g/mol. The molecule has 4 rings (SSSR count). The third kappa shape index (κ3) is 3.93. The van der Waals surface area contributed by atoms with E-state index in [2.05, 4.69) is 4.98 Å². The Labute approximate surface area is 182 Å². The second kappa shape index (κ2) is 7.89. The SMILES string of the molecule is CSc1c2c(n(C)c(=O)c1C)CN(C(=O)CC1CN(c3ccnc(C(F)(F)F)c3)C1)C2. The summed E-state index contributed by atoms with van der Waals surface area (Å²) in [6.45, 7) is 3.76. The standard InChI is InChI=1S/C21H23F3N4O2S/c1-12-19(31-3)15-10-28(11-16(15)26(2)20(12)30)18(29)6-13-8-27(9-13)14-4-5-25-17(7-14)21(22,23)24/h4-5,7,13H,6,8-11H2,1-3H3. The summed E-state index contributed by atoms with van der Waals surface area (Å²) < 4.78 is 40.2. The number of carbonyl (C=O) groups is 1. The number of thioether (sulfide) groups is 1. The number of hydrogen-bond donors (Lipinski definition) is 0. The molecule has 2 aliphatic rings. The molecule has 0 unspecified atom stereocenters. The molecule has 0 spiro atoms. The lowest BCUT2D eigenvalue weighted by Crippen LogP contribution is -2.48. The summed E-state index contributed by atoms with van der Waals surface area (Å²) in [6, 6.07) is 2.60. The number of halogens is 3. The largest absolute Gasteiger partial charge is 0.433 e. The first-order chi connectivity index (χ1) is 14.6. The topological polar surface area (TPSA) is 58.4 Å². The van der Waals surface area contributed by atoms with E-state index in [1.807, 2.05) is 18.1 Å². The van der Waals surface area contributed by atoms with E-state index in [1.54, 1.807) is 22.6 Å². The number of carbonyl (C=O) groups excluding carboxylic acids is 1. The third-order valence-electron chi connectivity index (χ3n) is 6.06. The Kier molecular flexibility index (Phi) is 5.53. The van der Waals surface area contributed by atoms with Crippen molar-refractivity contribution in [1.29, 1.82) is 0 Å². The molecule has 1 fully saturated rings. The first-order valence-corrected chi connectivity index (χ1v) is 11.1. The molecule has 6 nitrogen and oxygen atoms in total. The number of rotatable bonds is 4. The van der Waals surface area contributed by atoms with Crippen LogP contribution in [-0.4, -0.2) is 39.7 Å². The zero-order valence-electron chi connectivity index (χ0n) is 17.5. The average Bonchev–Trinajstić information content (AvgIpc) is 3.14. The van der Waals surface area contributed by atoms with Gasteiger partial charge in [-0.15, -0.1) is 11.8 Å². The molecule has 10 heteroatoms. The summed E-state index contributed by atoms with van der Waals surface area (Å²) in [4.78, 5) is 33.2. The van der Waals surface area contributed by atoms with Crippen LogP contribution in [0.25, 0.3) is 0 Å². The van der Waals surface area contributed by atoms with E-state index in [9.17, 15) is 22.8 Å². The van der Waals surface area contributed by atoms with Crippen molar-refractivity contribution in [2.24, 2.45) is 13.0 Å². The van der Waals surface area contributed by atoms with Gasteiger partial charge < -0.3 is 14.4 Å². The van der Waals surface area contributed by atoms with Gasteiger partial charge in [-0.05, 0) is 25.3 Å². The van der Waals surface area contributed by atoms with Crippen LogP contribution in [0.4, 0.5) is 18.9 Å². The maximum absolute atomic E-state index is 12.9. The minimum Gasteiger partial charge on any atom is -0.371 e. The van der Waals surface area contributed by atoms with E-state index >= 15 is 0 Å². The van der Waals surface area contributed by atoms with Crippen LogP contribution >= 0.6 is 11.8 Å². The molecule has 0 atom stereocenters. The molecule has 0 radical (unpaired) electrons. The molecule has 2 aromatic rings. The van der Waals surface area contributed by atoms with Gasteiger partial charge in [0.2, 0.25) is 5.91 Å². The van der Waals surface area contributed by atoms with Gasteiger partial charge in [-0.3, -0.25) is 14.6 Å². The van der Waals surface area contributed by atoms with Gasteiger partial charge in [0.05, 0.1) is 6.54 Å². The van der Waals surface area contributed by atoms with Crippen molar-refractivity contribution in [1.82, 2.24) is 14.5 Å². The Bertz CT molecular complexity index is 1090. The zero-order chi connectivity index (χ0) is 22.5. The quantitative estimate of drug-likeness (QED) is 0.667. The fraction of sp³-hybridized carbons (Fsp3) is 0.476. The van der Waals surface area contributed by atoms with Crippen molar-refractivity contribution in [3.63, 3.8) is 0 Å². The number of amides is 1. The Morgan fingerprint density at radius 2 is 2.00 bits per heavy atom. The lowest BCUT2D eigenvalue weighted by atomic mass is 9.95. The fourth-order valence-corrected chi connectivity index (χ4v) is 5.16. The van der Waals surface area contributed by atoms with Crippen LogP contribution in [0.1, 0.15) is 28.9 Å². The Hall–Kier alpha value is -2.49. The predicted molar refractivity (Wildman–Crippen MR) is 112 cm³/mol. The molecular weight excluding hydrogens is 429 g/mol. The van der Waals surface area contributed by atoms with Crippen LogP contribution in [0.2, 0.25) is 0 Å². The number of anilines is 1. The van der Waals surface area contributed by atoms with E-state index in [0.29, 0.717) is 43.9 Å². The molecule has 2 aliphatic heterocycles. The summed E-state index contributed by atoms with van der Waals surface area (Å²) >= 11 is 1.52. The summed E-state index contributed by atoms with van der Waals surface area (Å²) in [7, 11) is 1.74. The fourth-order valence-electron chi connectivity index (χ4n) is 4.33. The number of pyridine rings is 2. The van der Waals surface area contributed by atoms with Crippen molar-refractivity contribution in [2.45, 2.75) is 37.5 Å². The molecule has 1 amide bonds. The molecule has 0 bridgehead atoms. The van der Waals surface area contributed by atoms with E-state index in [0.717, 1.165) is 28.4 Å². The summed E-state index contributed by atoms with van der Waals surface area (Å²) in [6.07, 6.45) is -1.05. The monoisotopic (exact) mass is 452 g/mol. The molecule has 166 valence electrons. The molecule has 0 saturated carbocycles. The summed E-state index contributed by atoms with van der Waals surface area (Å²) in [5.74, 6) is 0.0907. The van der Waals surface area contributed by atoms with Gasteiger partial charge in [0, 0.05) is 72.6 Å². The van der Waals surface area contributed by atoms with Crippen LogP contribution in [-0.2, 0) is 31.1 Å². The van der Waals surface area contributed by atoms with Crippen LogP contribution in [0, 0.1) is 12.8 Å². The van der Waals surface area contributed by atoms with Gasteiger partial charge in [0.15, 0.2) is 0 Å². The van der Waals surface area contributed by atoms with Crippen molar-refractivity contribution in [2.75, 3.05) is 24.2 Å². The first kappa shape index (κ1) is 21.7. The van der Waals surface area contributed by atoms with Crippen molar-refractivity contribution in [3.8, 4) is 0 Å². The Morgan fingerprint density at radius 3 is 2.65 bits per heavy atom. The van der Waals surface area contributed by atoms with Gasteiger partial charge >= 0.3 is 6.18 Å². The summed E-state index contributed by atoms with van der Waals surface area (Å²) in [5.41, 5.74) is 2.13. The lowest BCUT2D eigenvalue weighted by Gasteiger charge is -2.41. The molecular formula is C21H23F3N4O2S. The number of fused-ring (bicyclic) bond motifs is 1. The van der Waals surface area contributed by atoms with Crippen LogP contribution in [0.15, 0.2) is 28.0 Å². The van der Waals surface area contributed by atoms with Gasteiger partial charge in [-0.25, -0.2) is 0 Å². The van der Waals surface area contributed by atoms with Crippen molar-refractivity contribution in [3.05, 3.63) is 51.2 Å². The van der Waals surface area contributed by atoms with Gasteiger partial charge in [0.1, 0.15) is 5.69 Å². The molecule has 0 N–H and O–H groups in total. The lowest BCUT2D eigenvalue weighted by molar-refractivity contribution is -0.141. The van der Waals surface area contributed by atoms with E-state index in [1.165, 1.54) is 11.8 Å². The van der Waals surface area contributed by atoms with Crippen molar-refractivity contribution < 1.29 is 18.0 Å². The van der Waals surface area contributed by atoms with Crippen LogP contribution in [0.5, 0.6) is 0 Å². The Morgan fingerprint density at radius 1 is 1.29 bits per heavy atom. The van der Waals surface area contributed by atoms with E-state index < -0.39 is 11.9 Å². The van der Waals surface area contributed by atoms with E-state index in [4.69, 9.17) is 0 Å². The van der Waals surface area contributed by atoms with Gasteiger partial charge in [-0.1, -0.05) is 0 Å². The minimum atomic E-state index is -4.48. The molecule has 0 aliphatic carbocycles. The highest BCUT2D eigenvalue weighted by Crippen LogP contribution is 2.35. The predicted octanol–water partition coefficient (Wildman–Crippen LogP) is 3.20. The highest BCUT2D eigenvalue weighted by molar-refractivity contribution is 7.98. The zero-order valence-corrected chi connectivity index (χ0v) is 18.3. The third-order valence-corrected chi connectivity index (χ3v) is 7.02. The molecule has 2 aromatic heterocycles. The normalized spacial score (nSPS) is 16.5. The van der Waals surface area contributed by atoms with Crippen molar-refractivity contribution >= 4 is 23.4 Å². The summed E-state index contributed by atoms with van der Waals surface area (Å²) in [5, 5.41) is 0. The van der Waals surface area contributed by atoms with Gasteiger partial charge in [0.25, 0.3) is 5.56 Å². The smallest absolute Gasteiger partial charge is 0.371 e. The first-order valence-electron chi connectivity index (χ1n) is 9.91. The Balaban J connectivity index is 1.39. The van der Waals surface area contributed by atoms with Crippen LogP contribution < -0.4 is 10.5 Å². The molecule has 0 aromatic carbocycles. The number of hydrogen-bond acceptors (Lipinski definition) is 5. The molecule has 4 heterocycles. The second-order valence-corrected chi connectivity index (χ2v) is 8.89. The highest BCUT2D eigenvalue weighted by Gasteiger charge is 2.36. The second-order valence-electron chi connectivity index (χ2n) is 8.07. The number of aromatic nitrogens is 2. The number of nitrogens with zero attached hydrogens (tertiary/aromatic N) is 4. The maximum atomic E-state index is 12.9. The maximum Gasteiger partial charge on any atom is 0.433 e. The molecule has 31 heavy (non-hydrogen) atoms. The minimum absolute atomic E-state index is 0.00344. The van der Waals surface area contributed by atoms with Gasteiger partial charge in [-0.2, -0.15) is 13.2 Å². The van der Waals surface area contributed by atoms with Crippen LogP contribution in [0.3, 0.4) is 0 Å². The molecule has 1 saturated heterocycles. The highest BCUT2D eigenvalue weighted by atomic mass is 32.2. The van der Waals surface area contributed by atoms with E-state index in [-0.39, 0.29) is 17.4 Å².